The molecule has 7 heteroatoms. The molecule has 0 fully saturated rings. The number of aliphatic imine (C=N–C) groups is 1. The molecule has 0 aromatic heterocycles. The molecular formula is C16H14Cl2N4S. The van der Waals surface area contributed by atoms with Gasteiger partial charge >= 0.3 is 0 Å². The van der Waals surface area contributed by atoms with Crippen LogP contribution in [0, 0.1) is 0 Å². The van der Waals surface area contributed by atoms with Crippen molar-refractivity contribution in [1.82, 2.24) is 4.90 Å². The minimum atomic E-state index is 0.558. The third kappa shape index (κ3) is 3.93. The number of thiocarbonyl (C=S) groups is 1. The number of hydrogen-bond acceptors (Lipinski definition) is 3. The van der Waals surface area contributed by atoms with Crippen molar-refractivity contribution in [2.75, 3.05) is 23.7 Å². The topological polar surface area (TPSA) is 39.7 Å². The first-order valence-electron chi connectivity index (χ1n) is 7.03. The molecule has 0 saturated heterocycles. The Morgan fingerprint density at radius 2 is 1.96 bits per heavy atom. The van der Waals surface area contributed by atoms with Crippen LogP contribution in [0.2, 0.25) is 10.0 Å². The zero-order valence-corrected chi connectivity index (χ0v) is 14.4. The second-order valence-electron chi connectivity index (χ2n) is 4.90. The van der Waals surface area contributed by atoms with E-state index in [1.807, 2.05) is 53.4 Å². The summed E-state index contributed by atoms with van der Waals surface area (Å²) < 4.78 is 0. The molecule has 1 aliphatic rings. The van der Waals surface area contributed by atoms with Gasteiger partial charge in [-0.25, -0.2) is 0 Å². The van der Waals surface area contributed by atoms with Crippen molar-refractivity contribution in [1.29, 1.82) is 0 Å². The molecule has 4 nitrogen and oxygen atoms in total. The maximum Gasteiger partial charge on any atom is 0.204 e. The highest BCUT2D eigenvalue weighted by molar-refractivity contribution is 7.80. The van der Waals surface area contributed by atoms with Crippen LogP contribution in [-0.4, -0.2) is 29.1 Å². The van der Waals surface area contributed by atoms with Crippen LogP contribution in [0.4, 0.5) is 11.4 Å². The molecule has 0 saturated carbocycles. The summed E-state index contributed by atoms with van der Waals surface area (Å²) in [7, 11) is 0. The summed E-state index contributed by atoms with van der Waals surface area (Å²) in [5.74, 6) is 0.678. The van der Waals surface area contributed by atoms with E-state index in [0.717, 1.165) is 11.4 Å². The minimum Gasteiger partial charge on any atom is -0.332 e. The van der Waals surface area contributed by atoms with E-state index < -0.39 is 0 Å². The first-order valence-corrected chi connectivity index (χ1v) is 8.20. The first kappa shape index (κ1) is 16.1. The predicted molar refractivity (Wildman–Crippen MR) is 102 cm³/mol. The van der Waals surface area contributed by atoms with Gasteiger partial charge in [0.25, 0.3) is 0 Å². The third-order valence-corrected chi connectivity index (χ3v) is 4.17. The number of nitrogens with zero attached hydrogens (tertiary/aromatic N) is 2. The van der Waals surface area contributed by atoms with Gasteiger partial charge in [-0.05, 0) is 42.5 Å². The fourth-order valence-corrected chi connectivity index (χ4v) is 2.86. The number of para-hydroxylation sites is 1. The van der Waals surface area contributed by atoms with Gasteiger partial charge in [-0.1, -0.05) is 41.4 Å². The second-order valence-corrected chi connectivity index (χ2v) is 6.13. The lowest BCUT2D eigenvalue weighted by atomic mass is 10.3. The van der Waals surface area contributed by atoms with Crippen LogP contribution in [0.15, 0.2) is 53.5 Å². The molecule has 2 aromatic rings. The number of benzene rings is 2. The van der Waals surface area contributed by atoms with E-state index in [2.05, 4.69) is 15.6 Å². The van der Waals surface area contributed by atoms with E-state index in [1.54, 1.807) is 0 Å². The number of halogens is 2. The molecule has 0 spiro atoms. The van der Waals surface area contributed by atoms with Gasteiger partial charge in [-0.3, -0.25) is 9.89 Å². The molecule has 118 valence electrons. The molecule has 0 bridgehead atoms. The molecular weight excluding hydrogens is 351 g/mol. The number of nitrogens with one attached hydrogen (secondary N) is 2. The minimum absolute atomic E-state index is 0.558. The lowest BCUT2D eigenvalue weighted by Gasteiger charge is -2.23. The monoisotopic (exact) mass is 364 g/mol. The number of guanidine groups is 1. The Hall–Kier alpha value is -1.82. The van der Waals surface area contributed by atoms with Gasteiger partial charge in [0.05, 0.1) is 17.3 Å². The third-order valence-electron chi connectivity index (χ3n) is 3.28. The Kier molecular flexibility index (Phi) is 5.00. The summed E-state index contributed by atoms with van der Waals surface area (Å²) >= 11 is 17.7. The Balaban J connectivity index is 1.71. The van der Waals surface area contributed by atoms with E-state index in [0.29, 0.717) is 34.2 Å². The largest absolute Gasteiger partial charge is 0.332 e. The van der Waals surface area contributed by atoms with Crippen molar-refractivity contribution in [3.8, 4) is 0 Å². The molecule has 2 N–H and O–H groups in total. The Bertz CT molecular complexity index is 763. The van der Waals surface area contributed by atoms with Crippen molar-refractivity contribution < 1.29 is 0 Å². The quantitative estimate of drug-likeness (QED) is 0.771. The van der Waals surface area contributed by atoms with Crippen LogP contribution in [0.1, 0.15) is 0 Å². The highest BCUT2D eigenvalue weighted by atomic mass is 35.5. The smallest absolute Gasteiger partial charge is 0.204 e. The molecule has 0 radical (unpaired) electrons. The summed E-state index contributed by atoms with van der Waals surface area (Å²) in [4.78, 5) is 6.36. The summed E-state index contributed by atoms with van der Waals surface area (Å²) in [5, 5.41) is 8.25. The average Bonchev–Trinajstić information content (AvgIpc) is 2.98. The summed E-state index contributed by atoms with van der Waals surface area (Å²) in [6.45, 7) is 1.38. The van der Waals surface area contributed by atoms with Crippen molar-refractivity contribution in [2.24, 2.45) is 4.99 Å². The summed E-state index contributed by atoms with van der Waals surface area (Å²) in [6, 6.07) is 14.9. The van der Waals surface area contributed by atoms with E-state index in [4.69, 9.17) is 35.4 Å². The van der Waals surface area contributed by atoms with Crippen molar-refractivity contribution in [3.05, 3.63) is 58.6 Å². The molecule has 1 aliphatic heterocycles. The number of hydrogen-bond donors (Lipinski definition) is 2. The van der Waals surface area contributed by atoms with Gasteiger partial charge in [0.1, 0.15) is 0 Å². The molecule has 0 amide bonds. The standard InChI is InChI=1S/C16H14Cl2N4S/c17-11-4-3-5-12(10-11)20-16(23)22-9-8-19-15(22)21-14-7-2-1-6-13(14)18/h1-7,10H,8-9H2,(H,19,21)(H,20,23). The van der Waals surface area contributed by atoms with Gasteiger partial charge in [0, 0.05) is 17.3 Å². The lowest BCUT2D eigenvalue weighted by molar-refractivity contribution is 0.674. The highest BCUT2D eigenvalue weighted by Crippen LogP contribution is 2.22. The highest BCUT2D eigenvalue weighted by Gasteiger charge is 2.21. The second kappa shape index (κ2) is 7.17. The Morgan fingerprint density at radius 3 is 2.74 bits per heavy atom. The zero-order chi connectivity index (χ0) is 16.2. The van der Waals surface area contributed by atoms with Crippen molar-refractivity contribution in [3.63, 3.8) is 0 Å². The zero-order valence-electron chi connectivity index (χ0n) is 12.1. The van der Waals surface area contributed by atoms with Crippen LogP contribution in [0.5, 0.6) is 0 Å². The molecule has 0 atom stereocenters. The maximum absolute atomic E-state index is 6.18. The normalized spacial score (nSPS) is 13.7. The van der Waals surface area contributed by atoms with Crippen LogP contribution in [-0.2, 0) is 0 Å². The molecule has 2 aromatic carbocycles. The van der Waals surface area contributed by atoms with Gasteiger partial charge in [0.2, 0.25) is 5.96 Å². The van der Waals surface area contributed by atoms with Crippen LogP contribution in [0.25, 0.3) is 0 Å². The van der Waals surface area contributed by atoms with E-state index >= 15 is 0 Å². The molecule has 0 aliphatic carbocycles. The summed E-state index contributed by atoms with van der Waals surface area (Å²) in [5.41, 5.74) is 1.64. The Labute approximate surface area is 150 Å². The Morgan fingerprint density at radius 1 is 1.13 bits per heavy atom. The van der Waals surface area contributed by atoms with Gasteiger partial charge in [-0.2, -0.15) is 0 Å². The first-order chi connectivity index (χ1) is 11.1. The fraction of sp³-hybridized carbons (Fsp3) is 0.125. The van der Waals surface area contributed by atoms with Crippen molar-refractivity contribution in [2.45, 2.75) is 0 Å². The molecule has 0 unspecified atom stereocenters. The maximum atomic E-state index is 6.18. The predicted octanol–water partition coefficient (Wildman–Crippen LogP) is 4.47. The van der Waals surface area contributed by atoms with Gasteiger partial charge in [-0.15, -0.1) is 0 Å². The fourth-order valence-electron chi connectivity index (χ4n) is 2.19. The van der Waals surface area contributed by atoms with E-state index in [-0.39, 0.29) is 0 Å². The van der Waals surface area contributed by atoms with Crippen LogP contribution >= 0.6 is 35.4 Å². The lowest BCUT2D eigenvalue weighted by Crippen LogP contribution is -2.41. The van der Waals surface area contributed by atoms with Crippen molar-refractivity contribution >= 4 is 57.9 Å². The van der Waals surface area contributed by atoms with Crippen LogP contribution in [0.3, 0.4) is 0 Å². The SMILES string of the molecule is S=C(Nc1cccc(Cl)c1)N1CCN=C1Nc1ccccc1Cl. The molecule has 3 rings (SSSR count). The molecule has 1 heterocycles. The molecule has 23 heavy (non-hydrogen) atoms. The van der Waals surface area contributed by atoms with Gasteiger partial charge < -0.3 is 10.6 Å². The van der Waals surface area contributed by atoms with Gasteiger partial charge in [0.15, 0.2) is 5.11 Å². The van der Waals surface area contributed by atoms with Crippen LogP contribution < -0.4 is 10.6 Å². The average molecular weight is 365 g/mol. The number of anilines is 2. The number of rotatable bonds is 2. The van der Waals surface area contributed by atoms with E-state index in [1.165, 1.54) is 0 Å². The summed E-state index contributed by atoms with van der Waals surface area (Å²) in [6.07, 6.45) is 0. The van der Waals surface area contributed by atoms with E-state index in [9.17, 15) is 0 Å².